The number of hydrogen-bond donors (Lipinski definition) is 1. The van der Waals surface area contributed by atoms with Crippen molar-refractivity contribution >= 4 is 27.4 Å². The first-order chi connectivity index (χ1) is 8.26. The number of fused-ring (bicyclic) bond motifs is 1. The van der Waals surface area contributed by atoms with E-state index in [0.29, 0.717) is 6.04 Å². The maximum Gasteiger partial charge on any atom is 0.117 e. The summed E-state index contributed by atoms with van der Waals surface area (Å²) in [5.74, 6) is 0.732. The fourth-order valence-corrected chi connectivity index (χ4v) is 3.17. The first-order valence-electron chi connectivity index (χ1n) is 6.37. The van der Waals surface area contributed by atoms with E-state index in [4.69, 9.17) is 0 Å². The first kappa shape index (κ1) is 12.4. The monoisotopic (exact) mass is 248 g/mol. The van der Waals surface area contributed by atoms with Crippen molar-refractivity contribution in [1.82, 2.24) is 4.37 Å². The maximum absolute atomic E-state index is 4.46. The molecule has 1 unspecified atom stereocenters. The highest BCUT2D eigenvalue weighted by atomic mass is 32.1. The Morgan fingerprint density at radius 2 is 1.94 bits per heavy atom. The average molecular weight is 248 g/mol. The lowest BCUT2D eigenvalue weighted by Crippen LogP contribution is -2.24. The van der Waals surface area contributed by atoms with Gasteiger partial charge in [-0.3, -0.25) is 0 Å². The van der Waals surface area contributed by atoms with Gasteiger partial charge >= 0.3 is 0 Å². The number of nitrogens with one attached hydrogen (secondary N) is 1. The van der Waals surface area contributed by atoms with Gasteiger partial charge in [0.2, 0.25) is 0 Å². The molecule has 0 saturated carbocycles. The topological polar surface area (TPSA) is 24.9 Å². The SMILES string of the molecule is CCC(CC)C(C)Nc1snc2ccccc12. The van der Waals surface area contributed by atoms with Crippen LogP contribution in [0.1, 0.15) is 33.6 Å². The van der Waals surface area contributed by atoms with E-state index in [2.05, 4.69) is 48.7 Å². The first-order valence-corrected chi connectivity index (χ1v) is 7.14. The Labute approximate surface area is 107 Å². The van der Waals surface area contributed by atoms with Crippen LogP contribution in [0.3, 0.4) is 0 Å². The van der Waals surface area contributed by atoms with Gasteiger partial charge in [0, 0.05) is 11.4 Å². The molecule has 17 heavy (non-hydrogen) atoms. The molecule has 0 spiro atoms. The highest BCUT2D eigenvalue weighted by Gasteiger charge is 2.15. The molecular weight excluding hydrogens is 228 g/mol. The Balaban J connectivity index is 2.18. The molecule has 0 aliphatic rings. The van der Waals surface area contributed by atoms with Gasteiger partial charge in [-0.15, -0.1) is 0 Å². The van der Waals surface area contributed by atoms with Gasteiger partial charge in [-0.1, -0.05) is 38.8 Å². The van der Waals surface area contributed by atoms with E-state index in [1.807, 2.05) is 6.07 Å². The number of benzene rings is 1. The van der Waals surface area contributed by atoms with Crippen molar-refractivity contribution in [2.24, 2.45) is 5.92 Å². The van der Waals surface area contributed by atoms with E-state index in [0.717, 1.165) is 11.4 Å². The van der Waals surface area contributed by atoms with Crippen LogP contribution >= 0.6 is 11.5 Å². The summed E-state index contributed by atoms with van der Waals surface area (Å²) in [6.45, 7) is 6.79. The lowest BCUT2D eigenvalue weighted by Gasteiger charge is -2.22. The smallest absolute Gasteiger partial charge is 0.117 e. The van der Waals surface area contributed by atoms with Crippen LogP contribution in [-0.4, -0.2) is 10.4 Å². The highest BCUT2D eigenvalue weighted by Crippen LogP contribution is 2.29. The predicted molar refractivity (Wildman–Crippen MR) is 76.8 cm³/mol. The van der Waals surface area contributed by atoms with E-state index in [9.17, 15) is 0 Å². The normalized spacial score (nSPS) is 13.2. The summed E-state index contributed by atoms with van der Waals surface area (Å²) in [4.78, 5) is 0. The molecule has 0 radical (unpaired) electrons. The summed E-state index contributed by atoms with van der Waals surface area (Å²) in [7, 11) is 0. The van der Waals surface area contributed by atoms with Crippen LogP contribution in [0, 0.1) is 5.92 Å². The Bertz CT molecular complexity index is 474. The molecule has 3 heteroatoms. The quantitative estimate of drug-likeness (QED) is 0.840. The van der Waals surface area contributed by atoms with Crippen molar-refractivity contribution < 1.29 is 0 Å². The molecule has 1 N–H and O–H groups in total. The standard InChI is InChI=1S/C14H20N2S/c1-4-11(5-2)10(3)15-14-12-8-6-7-9-13(12)16-17-14/h6-11,15H,4-5H2,1-3H3. The van der Waals surface area contributed by atoms with Gasteiger partial charge in [-0.05, 0) is 36.5 Å². The van der Waals surface area contributed by atoms with E-state index < -0.39 is 0 Å². The molecular formula is C14H20N2S. The second kappa shape index (κ2) is 5.50. The zero-order valence-corrected chi connectivity index (χ0v) is 11.6. The molecule has 0 bridgehead atoms. The second-order valence-electron chi connectivity index (χ2n) is 4.54. The van der Waals surface area contributed by atoms with Crippen LogP contribution in [0.25, 0.3) is 10.9 Å². The summed E-state index contributed by atoms with van der Waals surface area (Å²) in [5.41, 5.74) is 1.09. The van der Waals surface area contributed by atoms with Crippen LogP contribution in [0.5, 0.6) is 0 Å². The third kappa shape index (κ3) is 2.60. The third-order valence-electron chi connectivity index (χ3n) is 3.50. The Hall–Kier alpha value is -1.09. The summed E-state index contributed by atoms with van der Waals surface area (Å²) in [6.07, 6.45) is 2.45. The average Bonchev–Trinajstić information content (AvgIpc) is 2.74. The summed E-state index contributed by atoms with van der Waals surface area (Å²) >= 11 is 1.57. The van der Waals surface area contributed by atoms with Gasteiger partial charge in [-0.2, -0.15) is 4.37 Å². The van der Waals surface area contributed by atoms with Gasteiger partial charge in [0.05, 0.1) is 5.52 Å². The lowest BCUT2D eigenvalue weighted by atomic mass is 9.95. The number of rotatable bonds is 5. The number of nitrogens with zero attached hydrogens (tertiary/aromatic N) is 1. The van der Waals surface area contributed by atoms with Crippen LogP contribution in [0.4, 0.5) is 5.00 Å². The fraction of sp³-hybridized carbons (Fsp3) is 0.500. The Morgan fingerprint density at radius 3 is 2.65 bits per heavy atom. The highest BCUT2D eigenvalue weighted by molar-refractivity contribution is 7.11. The largest absolute Gasteiger partial charge is 0.372 e. The van der Waals surface area contributed by atoms with Gasteiger partial charge in [0.25, 0.3) is 0 Å². The molecule has 2 rings (SSSR count). The zero-order chi connectivity index (χ0) is 12.3. The van der Waals surface area contributed by atoms with Gasteiger partial charge in [0.1, 0.15) is 5.00 Å². The van der Waals surface area contributed by atoms with Crippen LogP contribution in [0.2, 0.25) is 0 Å². The molecule has 2 nitrogen and oxygen atoms in total. The molecule has 0 fully saturated rings. The van der Waals surface area contributed by atoms with Crippen LogP contribution < -0.4 is 5.32 Å². The van der Waals surface area contributed by atoms with Crippen molar-refractivity contribution in [3.05, 3.63) is 24.3 Å². The maximum atomic E-state index is 4.46. The Morgan fingerprint density at radius 1 is 1.24 bits per heavy atom. The minimum absolute atomic E-state index is 0.508. The minimum atomic E-state index is 0.508. The van der Waals surface area contributed by atoms with Crippen LogP contribution in [0.15, 0.2) is 24.3 Å². The van der Waals surface area contributed by atoms with Crippen molar-refractivity contribution in [3.63, 3.8) is 0 Å². The van der Waals surface area contributed by atoms with Crippen LogP contribution in [-0.2, 0) is 0 Å². The molecule has 2 aromatic rings. The summed E-state index contributed by atoms with van der Waals surface area (Å²) < 4.78 is 4.46. The molecule has 1 atom stereocenters. The van der Waals surface area contributed by atoms with Gasteiger partial charge in [-0.25, -0.2) is 0 Å². The van der Waals surface area contributed by atoms with E-state index in [1.165, 1.54) is 23.2 Å². The molecule has 0 aliphatic heterocycles. The number of anilines is 1. The van der Waals surface area contributed by atoms with Crippen molar-refractivity contribution in [1.29, 1.82) is 0 Å². The molecule has 1 aromatic heterocycles. The van der Waals surface area contributed by atoms with E-state index in [1.54, 1.807) is 11.5 Å². The molecule has 1 aromatic carbocycles. The Kier molecular flexibility index (Phi) is 4.00. The van der Waals surface area contributed by atoms with Gasteiger partial charge < -0.3 is 5.32 Å². The molecule has 1 heterocycles. The van der Waals surface area contributed by atoms with Gasteiger partial charge in [0.15, 0.2) is 0 Å². The zero-order valence-electron chi connectivity index (χ0n) is 10.7. The molecule has 0 amide bonds. The van der Waals surface area contributed by atoms with E-state index in [-0.39, 0.29) is 0 Å². The summed E-state index contributed by atoms with van der Waals surface area (Å²) in [5, 5.41) is 6.08. The minimum Gasteiger partial charge on any atom is -0.372 e. The fourth-order valence-electron chi connectivity index (χ4n) is 2.31. The van der Waals surface area contributed by atoms with Crippen molar-refractivity contribution in [2.75, 3.05) is 5.32 Å². The molecule has 92 valence electrons. The molecule has 0 aliphatic carbocycles. The van der Waals surface area contributed by atoms with Crippen molar-refractivity contribution in [2.45, 2.75) is 39.7 Å². The lowest BCUT2D eigenvalue weighted by molar-refractivity contribution is 0.438. The second-order valence-corrected chi connectivity index (χ2v) is 5.31. The third-order valence-corrected chi connectivity index (χ3v) is 4.31. The van der Waals surface area contributed by atoms with Crippen molar-refractivity contribution in [3.8, 4) is 0 Å². The summed E-state index contributed by atoms with van der Waals surface area (Å²) in [6, 6.07) is 8.83. The van der Waals surface area contributed by atoms with E-state index >= 15 is 0 Å². The number of hydrogen-bond acceptors (Lipinski definition) is 3. The number of aromatic nitrogens is 1. The predicted octanol–water partition coefficient (Wildman–Crippen LogP) is 4.53. The molecule has 0 saturated heterocycles.